The van der Waals surface area contributed by atoms with E-state index in [2.05, 4.69) is 4.74 Å². The van der Waals surface area contributed by atoms with E-state index < -0.39 is 19.4 Å². The summed E-state index contributed by atoms with van der Waals surface area (Å²) < 4.78 is 31.3. The number of rotatable bonds is 5. The molecule has 0 aliphatic rings. The van der Waals surface area contributed by atoms with Gasteiger partial charge in [-0.25, -0.2) is 4.79 Å². The van der Waals surface area contributed by atoms with Gasteiger partial charge in [0.25, 0.3) is 0 Å². The fourth-order valence-electron chi connectivity index (χ4n) is 1.75. The minimum atomic E-state index is -4.52. The van der Waals surface area contributed by atoms with Crippen molar-refractivity contribution in [1.82, 2.24) is 0 Å². The SMILES string of the molecule is COc1cc2cc(C(=O)OC(C)P(=O)(O)O)oc2cc1OC. The molecule has 2 aromatic rings. The van der Waals surface area contributed by atoms with Crippen LogP contribution in [0.1, 0.15) is 17.5 Å². The third-order valence-electron chi connectivity index (χ3n) is 2.97. The molecule has 8 nitrogen and oxygen atoms in total. The van der Waals surface area contributed by atoms with Crippen molar-refractivity contribution < 1.29 is 37.8 Å². The van der Waals surface area contributed by atoms with Gasteiger partial charge in [-0.1, -0.05) is 0 Å². The van der Waals surface area contributed by atoms with Crippen LogP contribution in [0.2, 0.25) is 0 Å². The molecule has 0 saturated carbocycles. The Kier molecular flexibility index (Phi) is 4.46. The van der Waals surface area contributed by atoms with Gasteiger partial charge < -0.3 is 28.4 Å². The molecule has 2 N–H and O–H groups in total. The van der Waals surface area contributed by atoms with Crippen molar-refractivity contribution >= 4 is 24.5 Å². The van der Waals surface area contributed by atoms with Crippen LogP contribution >= 0.6 is 7.60 Å². The predicted molar refractivity (Wildman–Crippen MR) is 76.2 cm³/mol. The van der Waals surface area contributed by atoms with Crippen LogP contribution in [0.25, 0.3) is 11.0 Å². The molecular formula is C13H15O8P. The van der Waals surface area contributed by atoms with E-state index in [0.29, 0.717) is 22.5 Å². The molecule has 0 aliphatic carbocycles. The lowest BCUT2D eigenvalue weighted by molar-refractivity contribution is 0.0395. The lowest BCUT2D eigenvalue weighted by Crippen LogP contribution is -2.14. The Hall–Kier alpha value is -2.02. The highest BCUT2D eigenvalue weighted by molar-refractivity contribution is 7.52. The first kappa shape index (κ1) is 16.4. The molecular weight excluding hydrogens is 315 g/mol. The molecule has 0 radical (unpaired) electrons. The summed E-state index contributed by atoms with van der Waals surface area (Å²) in [5.74, 6) is -1.82. The molecule has 1 aromatic heterocycles. The Balaban J connectivity index is 2.33. The fourth-order valence-corrected chi connectivity index (χ4v) is 1.98. The number of ether oxygens (including phenoxy) is 3. The summed E-state index contributed by atoms with van der Waals surface area (Å²) >= 11 is 0. The number of hydrogen-bond donors (Lipinski definition) is 2. The zero-order valence-electron chi connectivity index (χ0n) is 12.1. The maximum absolute atomic E-state index is 11.9. The second kappa shape index (κ2) is 6.00. The first-order chi connectivity index (χ1) is 10.3. The second-order valence-electron chi connectivity index (χ2n) is 4.45. The van der Waals surface area contributed by atoms with Gasteiger partial charge in [0.05, 0.1) is 14.2 Å². The molecule has 1 unspecified atom stereocenters. The summed E-state index contributed by atoms with van der Waals surface area (Å²) in [5, 5.41) is 0.563. The highest BCUT2D eigenvalue weighted by atomic mass is 31.2. The third-order valence-corrected chi connectivity index (χ3v) is 4.03. The van der Waals surface area contributed by atoms with Crippen LogP contribution in [0.3, 0.4) is 0 Å². The van der Waals surface area contributed by atoms with E-state index >= 15 is 0 Å². The number of hydrogen-bond acceptors (Lipinski definition) is 6. The van der Waals surface area contributed by atoms with Crippen LogP contribution in [0.15, 0.2) is 22.6 Å². The molecule has 1 heterocycles. The largest absolute Gasteiger partial charge is 0.493 e. The first-order valence-corrected chi connectivity index (χ1v) is 7.86. The molecule has 0 bridgehead atoms. The Bertz CT molecular complexity index is 703. The van der Waals surface area contributed by atoms with Gasteiger partial charge in [0, 0.05) is 11.5 Å². The van der Waals surface area contributed by atoms with Crippen molar-refractivity contribution in [3.05, 3.63) is 24.0 Å². The average Bonchev–Trinajstić information content (AvgIpc) is 2.87. The molecule has 1 atom stereocenters. The number of carbonyl (C=O) groups excluding carboxylic acids is 1. The van der Waals surface area contributed by atoms with Gasteiger partial charge in [0.2, 0.25) is 5.76 Å². The number of methoxy groups -OCH3 is 2. The highest BCUT2D eigenvalue weighted by Crippen LogP contribution is 2.42. The second-order valence-corrected chi connectivity index (χ2v) is 6.35. The molecule has 120 valence electrons. The van der Waals surface area contributed by atoms with Crippen LogP contribution in [0.4, 0.5) is 0 Å². The van der Waals surface area contributed by atoms with Crippen molar-refractivity contribution in [2.75, 3.05) is 14.2 Å². The van der Waals surface area contributed by atoms with Gasteiger partial charge >= 0.3 is 13.6 Å². The summed E-state index contributed by atoms with van der Waals surface area (Å²) in [4.78, 5) is 29.7. The van der Waals surface area contributed by atoms with E-state index in [0.717, 1.165) is 6.92 Å². The van der Waals surface area contributed by atoms with Crippen molar-refractivity contribution in [3.63, 3.8) is 0 Å². The minimum Gasteiger partial charge on any atom is -0.493 e. The standard InChI is InChI=1S/C13H15O8P/c1-7(22(15,16)17)20-13(14)12-5-8-4-10(18-2)11(19-3)6-9(8)21-12/h4-7H,1-3H3,(H2,15,16,17). The van der Waals surface area contributed by atoms with E-state index in [9.17, 15) is 9.36 Å². The zero-order valence-corrected chi connectivity index (χ0v) is 13.0. The topological polar surface area (TPSA) is 115 Å². The fraction of sp³-hybridized carbons (Fsp3) is 0.308. The van der Waals surface area contributed by atoms with Gasteiger partial charge in [-0.05, 0) is 19.1 Å². The molecule has 9 heteroatoms. The minimum absolute atomic E-state index is 0.175. The number of esters is 1. The van der Waals surface area contributed by atoms with Gasteiger partial charge in [-0.2, -0.15) is 0 Å². The molecule has 2 rings (SSSR count). The van der Waals surface area contributed by atoms with E-state index in [1.54, 1.807) is 6.07 Å². The van der Waals surface area contributed by atoms with E-state index in [1.807, 2.05) is 0 Å². The molecule has 22 heavy (non-hydrogen) atoms. The van der Waals surface area contributed by atoms with Crippen LogP contribution in [0, 0.1) is 0 Å². The van der Waals surface area contributed by atoms with Gasteiger partial charge in [0.1, 0.15) is 5.58 Å². The van der Waals surface area contributed by atoms with Crippen molar-refractivity contribution in [1.29, 1.82) is 0 Å². The van der Waals surface area contributed by atoms with Crippen LogP contribution < -0.4 is 9.47 Å². The molecule has 1 aromatic carbocycles. The summed E-state index contributed by atoms with van der Waals surface area (Å²) in [6.07, 6.45) is 0. The number of benzene rings is 1. The molecule has 0 aliphatic heterocycles. The van der Waals surface area contributed by atoms with Gasteiger partial charge in [-0.15, -0.1) is 0 Å². The van der Waals surface area contributed by atoms with Gasteiger partial charge in [-0.3, -0.25) is 4.57 Å². The quantitative estimate of drug-likeness (QED) is 0.633. The predicted octanol–water partition coefficient (Wildman–Crippen LogP) is 2.13. The normalized spacial score (nSPS) is 13.0. The number of carbonyl (C=O) groups is 1. The number of furan rings is 1. The number of fused-ring (bicyclic) bond motifs is 1. The van der Waals surface area contributed by atoms with Crippen LogP contribution in [0.5, 0.6) is 11.5 Å². The lowest BCUT2D eigenvalue weighted by Gasteiger charge is -2.12. The maximum atomic E-state index is 11.9. The van der Waals surface area contributed by atoms with Crippen LogP contribution in [-0.2, 0) is 9.30 Å². The highest BCUT2D eigenvalue weighted by Gasteiger charge is 2.29. The van der Waals surface area contributed by atoms with Crippen molar-refractivity contribution in [2.45, 2.75) is 12.8 Å². The lowest BCUT2D eigenvalue weighted by atomic mass is 10.2. The summed E-state index contributed by atoms with van der Waals surface area (Å²) in [5.41, 5.74) is 0.355. The molecule has 0 fully saturated rings. The first-order valence-electron chi connectivity index (χ1n) is 6.18. The Morgan fingerprint density at radius 3 is 2.32 bits per heavy atom. The smallest absolute Gasteiger partial charge is 0.375 e. The van der Waals surface area contributed by atoms with Crippen molar-refractivity contribution in [2.24, 2.45) is 0 Å². The summed E-state index contributed by atoms with van der Waals surface area (Å²) in [6, 6.07) is 4.55. The van der Waals surface area contributed by atoms with E-state index in [4.69, 9.17) is 23.7 Å². The maximum Gasteiger partial charge on any atom is 0.375 e. The Morgan fingerprint density at radius 2 is 1.77 bits per heavy atom. The molecule has 0 spiro atoms. The zero-order chi connectivity index (χ0) is 16.5. The monoisotopic (exact) mass is 330 g/mol. The van der Waals surface area contributed by atoms with Gasteiger partial charge in [0.15, 0.2) is 17.3 Å². The third kappa shape index (κ3) is 3.24. The Labute approximate surface area is 125 Å². The molecule has 0 amide bonds. The summed E-state index contributed by atoms with van der Waals surface area (Å²) in [7, 11) is -1.58. The van der Waals surface area contributed by atoms with Crippen LogP contribution in [-0.4, -0.2) is 35.8 Å². The van der Waals surface area contributed by atoms with E-state index in [1.165, 1.54) is 26.4 Å². The molecule has 0 saturated heterocycles. The summed E-state index contributed by atoms with van der Waals surface area (Å²) in [6.45, 7) is 1.10. The van der Waals surface area contributed by atoms with E-state index in [-0.39, 0.29) is 5.76 Å². The van der Waals surface area contributed by atoms with Crippen molar-refractivity contribution in [3.8, 4) is 11.5 Å². The average molecular weight is 330 g/mol. The Morgan fingerprint density at radius 1 is 1.18 bits per heavy atom.